The Morgan fingerprint density at radius 2 is 1.60 bits per heavy atom. The minimum atomic E-state index is -0.761. The van der Waals surface area contributed by atoms with Crippen molar-refractivity contribution in [2.24, 2.45) is 0 Å². The van der Waals surface area contributed by atoms with Crippen molar-refractivity contribution in [1.29, 1.82) is 0 Å². The van der Waals surface area contributed by atoms with Gasteiger partial charge >= 0.3 is 11.9 Å². The molecule has 86 valence electrons. The highest BCUT2D eigenvalue weighted by atomic mass is 16.6. The number of carbonyl (C=O) groups excluding carboxylic acids is 3. The average Bonchev–Trinajstić information content (AvgIpc) is 2.14. The molecule has 0 aromatic carbocycles. The molecular formula is C9H15NO5. The van der Waals surface area contributed by atoms with Crippen molar-refractivity contribution in [2.75, 3.05) is 27.3 Å². The summed E-state index contributed by atoms with van der Waals surface area (Å²) in [4.78, 5) is 34.1. The van der Waals surface area contributed by atoms with Crippen LogP contribution >= 0.6 is 0 Å². The summed E-state index contributed by atoms with van der Waals surface area (Å²) >= 11 is 0. The van der Waals surface area contributed by atoms with Crippen LogP contribution < -0.4 is 0 Å². The van der Waals surface area contributed by atoms with Gasteiger partial charge in [-0.1, -0.05) is 0 Å². The summed E-state index contributed by atoms with van der Waals surface area (Å²) in [5.41, 5.74) is 0. The van der Waals surface area contributed by atoms with Gasteiger partial charge in [0.25, 0.3) is 5.91 Å². The predicted molar refractivity (Wildman–Crippen MR) is 50.9 cm³/mol. The number of likely N-dealkylation sites (N-methyl/N-ethyl adjacent to an activating group) is 1. The molecule has 0 unspecified atom stereocenters. The summed E-state index contributed by atoms with van der Waals surface area (Å²) < 4.78 is 9.08. The first kappa shape index (κ1) is 13.4. The molecule has 0 aromatic heterocycles. The number of carbonyl (C=O) groups is 3. The second-order valence-corrected chi connectivity index (χ2v) is 2.93. The van der Waals surface area contributed by atoms with Gasteiger partial charge in [0.05, 0.1) is 6.61 Å². The third-order valence-corrected chi connectivity index (χ3v) is 1.45. The lowest BCUT2D eigenvalue weighted by Crippen LogP contribution is -2.28. The Labute approximate surface area is 88.1 Å². The van der Waals surface area contributed by atoms with Crippen molar-refractivity contribution < 1.29 is 23.9 Å². The highest BCUT2D eigenvalue weighted by Gasteiger charge is 2.13. The maximum Gasteiger partial charge on any atom is 0.317 e. The van der Waals surface area contributed by atoms with Gasteiger partial charge in [0.15, 0.2) is 6.61 Å². The molecule has 0 aromatic rings. The summed E-state index contributed by atoms with van der Waals surface area (Å²) in [6, 6.07) is 0. The van der Waals surface area contributed by atoms with Crippen LogP contribution in [0.4, 0.5) is 0 Å². The van der Waals surface area contributed by atoms with Gasteiger partial charge in [0, 0.05) is 14.1 Å². The topological polar surface area (TPSA) is 72.9 Å². The van der Waals surface area contributed by atoms with E-state index in [1.165, 1.54) is 4.90 Å². The number of rotatable bonds is 5. The largest absolute Gasteiger partial charge is 0.466 e. The lowest BCUT2D eigenvalue weighted by molar-refractivity contribution is -0.157. The Balaban J connectivity index is 3.75. The SMILES string of the molecule is CCOC(=O)CC(=O)OCC(=O)N(C)C. The van der Waals surface area contributed by atoms with Gasteiger partial charge in [-0.2, -0.15) is 0 Å². The van der Waals surface area contributed by atoms with Gasteiger partial charge in [0.1, 0.15) is 6.42 Å². The fourth-order valence-electron chi connectivity index (χ4n) is 0.652. The number of esters is 2. The maximum absolute atomic E-state index is 11.0. The van der Waals surface area contributed by atoms with Gasteiger partial charge in [-0.25, -0.2) is 0 Å². The zero-order chi connectivity index (χ0) is 11.8. The van der Waals surface area contributed by atoms with Gasteiger partial charge in [-0.15, -0.1) is 0 Å². The summed E-state index contributed by atoms with van der Waals surface area (Å²) in [7, 11) is 3.09. The molecule has 0 saturated carbocycles. The first-order chi connectivity index (χ1) is 6.97. The van der Waals surface area contributed by atoms with Crippen molar-refractivity contribution in [2.45, 2.75) is 13.3 Å². The van der Waals surface area contributed by atoms with E-state index < -0.39 is 18.4 Å². The summed E-state index contributed by atoms with van der Waals surface area (Å²) in [5.74, 6) is -1.75. The van der Waals surface area contributed by atoms with E-state index in [4.69, 9.17) is 0 Å². The van der Waals surface area contributed by atoms with Crippen LogP contribution in [0.25, 0.3) is 0 Å². The van der Waals surface area contributed by atoms with Crippen LogP contribution in [0.15, 0.2) is 0 Å². The Bertz CT molecular complexity index is 249. The molecule has 6 heteroatoms. The second-order valence-electron chi connectivity index (χ2n) is 2.93. The Morgan fingerprint density at radius 1 is 1.07 bits per heavy atom. The third kappa shape index (κ3) is 6.48. The van der Waals surface area contributed by atoms with E-state index in [1.807, 2.05) is 0 Å². The first-order valence-corrected chi connectivity index (χ1v) is 4.48. The smallest absolute Gasteiger partial charge is 0.317 e. The van der Waals surface area contributed by atoms with Crippen LogP contribution in [0, 0.1) is 0 Å². The molecule has 1 amide bonds. The Morgan fingerprint density at radius 3 is 2.07 bits per heavy atom. The predicted octanol–water partition coefficient (Wildman–Crippen LogP) is -0.429. The minimum absolute atomic E-state index is 0.211. The highest BCUT2D eigenvalue weighted by Crippen LogP contribution is 1.91. The van der Waals surface area contributed by atoms with E-state index in [0.717, 1.165) is 0 Å². The molecule has 15 heavy (non-hydrogen) atoms. The molecule has 0 aliphatic carbocycles. The van der Waals surface area contributed by atoms with E-state index >= 15 is 0 Å². The third-order valence-electron chi connectivity index (χ3n) is 1.45. The second kappa shape index (κ2) is 6.80. The molecule has 0 fully saturated rings. The summed E-state index contributed by atoms with van der Waals surface area (Å²) in [5, 5.41) is 0. The van der Waals surface area contributed by atoms with E-state index in [2.05, 4.69) is 9.47 Å². The van der Waals surface area contributed by atoms with Crippen LogP contribution in [0.3, 0.4) is 0 Å². The van der Waals surface area contributed by atoms with Crippen molar-refractivity contribution in [3.63, 3.8) is 0 Å². The molecule has 0 heterocycles. The number of ether oxygens (including phenoxy) is 2. The van der Waals surface area contributed by atoms with Crippen molar-refractivity contribution in [3.05, 3.63) is 0 Å². The molecule has 0 atom stereocenters. The van der Waals surface area contributed by atoms with E-state index in [9.17, 15) is 14.4 Å². The number of hydrogen-bond donors (Lipinski definition) is 0. The fourth-order valence-corrected chi connectivity index (χ4v) is 0.652. The molecule has 0 rings (SSSR count). The van der Waals surface area contributed by atoms with Gasteiger partial charge < -0.3 is 14.4 Å². The maximum atomic E-state index is 11.0. The molecule has 0 saturated heterocycles. The Kier molecular flexibility index (Phi) is 6.08. The zero-order valence-electron chi connectivity index (χ0n) is 9.11. The monoisotopic (exact) mass is 217 g/mol. The number of nitrogens with zero attached hydrogens (tertiary/aromatic N) is 1. The number of hydrogen-bond acceptors (Lipinski definition) is 5. The van der Waals surface area contributed by atoms with Gasteiger partial charge in [0.2, 0.25) is 0 Å². The van der Waals surface area contributed by atoms with Crippen LogP contribution in [-0.4, -0.2) is 50.1 Å². The fraction of sp³-hybridized carbons (Fsp3) is 0.667. The van der Waals surface area contributed by atoms with Crippen molar-refractivity contribution in [3.8, 4) is 0 Å². The highest BCUT2D eigenvalue weighted by molar-refractivity contribution is 5.92. The number of amides is 1. The molecule has 6 nitrogen and oxygen atoms in total. The quantitative estimate of drug-likeness (QED) is 0.461. The van der Waals surface area contributed by atoms with Crippen LogP contribution in [0.5, 0.6) is 0 Å². The normalized spacial score (nSPS) is 9.27. The molecule has 0 bridgehead atoms. The van der Waals surface area contributed by atoms with Crippen LogP contribution in [0.1, 0.15) is 13.3 Å². The molecule has 0 N–H and O–H groups in total. The molecule has 0 radical (unpaired) electrons. The lowest BCUT2D eigenvalue weighted by Gasteiger charge is -2.10. The average molecular weight is 217 g/mol. The summed E-state index contributed by atoms with van der Waals surface area (Å²) in [6.07, 6.45) is -0.464. The van der Waals surface area contributed by atoms with E-state index in [0.29, 0.717) is 0 Å². The van der Waals surface area contributed by atoms with E-state index in [1.54, 1.807) is 21.0 Å². The van der Waals surface area contributed by atoms with Gasteiger partial charge in [-0.3, -0.25) is 14.4 Å². The molecule has 0 spiro atoms. The van der Waals surface area contributed by atoms with E-state index in [-0.39, 0.29) is 19.1 Å². The standard InChI is InChI=1S/C9H15NO5/c1-4-14-8(12)5-9(13)15-6-7(11)10(2)3/h4-6H2,1-3H3. The summed E-state index contributed by atoms with van der Waals surface area (Å²) in [6.45, 7) is 1.49. The van der Waals surface area contributed by atoms with Crippen molar-refractivity contribution in [1.82, 2.24) is 4.90 Å². The minimum Gasteiger partial charge on any atom is -0.466 e. The molecular weight excluding hydrogens is 202 g/mol. The zero-order valence-corrected chi connectivity index (χ0v) is 9.11. The molecule has 0 aliphatic heterocycles. The lowest BCUT2D eigenvalue weighted by atomic mass is 10.4. The Hall–Kier alpha value is -1.59. The van der Waals surface area contributed by atoms with Crippen molar-refractivity contribution >= 4 is 17.8 Å². The van der Waals surface area contributed by atoms with Crippen LogP contribution in [0.2, 0.25) is 0 Å². The van der Waals surface area contributed by atoms with Gasteiger partial charge in [-0.05, 0) is 6.92 Å². The van der Waals surface area contributed by atoms with Crippen LogP contribution in [-0.2, 0) is 23.9 Å². The molecule has 0 aliphatic rings. The first-order valence-electron chi connectivity index (χ1n) is 4.48.